The molecule has 1 aliphatic rings. The first-order valence-electron chi connectivity index (χ1n) is 11.8. The Bertz CT molecular complexity index is 1550. The van der Waals surface area contributed by atoms with Crippen LogP contribution in [-0.4, -0.2) is 61.7 Å². The van der Waals surface area contributed by atoms with E-state index in [0.717, 1.165) is 3.97 Å². The maximum atomic E-state index is 13.3. The maximum absolute atomic E-state index is 13.3. The second kappa shape index (κ2) is 8.59. The predicted molar refractivity (Wildman–Crippen MR) is 134 cm³/mol. The predicted octanol–water partition coefficient (Wildman–Crippen LogP) is 3.86. The second-order valence-corrected chi connectivity index (χ2v) is 11.9. The van der Waals surface area contributed by atoms with Gasteiger partial charge < -0.3 is 19.3 Å². The Morgan fingerprint density at radius 3 is 2.58 bits per heavy atom. The molecular formula is C25H29N5O5S. The fourth-order valence-corrected chi connectivity index (χ4v) is 6.00. The van der Waals surface area contributed by atoms with Gasteiger partial charge in [-0.2, -0.15) is 0 Å². The van der Waals surface area contributed by atoms with Crippen molar-refractivity contribution >= 4 is 38.2 Å². The van der Waals surface area contributed by atoms with Crippen LogP contribution in [0.3, 0.4) is 0 Å². The molecule has 1 fully saturated rings. The van der Waals surface area contributed by atoms with E-state index in [1.165, 1.54) is 12.4 Å². The van der Waals surface area contributed by atoms with Gasteiger partial charge >= 0.3 is 6.09 Å². The van der Waals surface area contributed by atoms with Crippen LogP contribution in [0.1, 0.15) is 52.1 Å². The third-order valence-electron chi connectivity index (χ3n) is 6.21. The van der Waals surface area contributed by atoms with E-state index in [2.05, 4.69) is 9.97 Å². The van der Waals surface area contributed by atoms with Crippen LogP contribution in [-0.2, 0) is 14.8 Å². The molecule has 1 amide bonds. The van der Waals surface area contributed by atoms with Crippen molar-refractivity contribution in [3.05, 3.63) is 54.6 Å². The second-order valence-electron chi connectivity index (χ2n) is 10.0. The van der Waals surface area contributed by atoms with Gasteiger partial charge in [-0.05, 0) is 52.3 Å². The van der Waals surface area contributed by atoms with E-state index in [9.17, 15) is 18.3 Å². The average Bonchev–Trinajstić information content (AvgIpc) is 3.54. The lowest BCUT2D eigenvalue weighted by Gasteiger charge is -2.25. The molecule has 3 aromatic heterocycles. The minimum atomic E-state index is -3.86. The lowest BCUT2D eigenvalue weighted by Crippen LogP contribution is -2.35. The van der Waals surface area contributed by atoms with Crippen LogP contribution >= 0.6 is 0 Å². The summed E-state index contributed by atoms with van der Waals surface area (Å²) in [5, 5.41) is 11.1. The highest BCUT2D eigenvalue weighted by Crippen LogP contribution is 2.35. The van der Waals surface area contributed by atoms with Gasteiger partial charge in [0, 0.05) is 24.7 Å². The number of carbonyl (C=O) groups is 1. The van der Waals surface area contributed by atoms with Crippen LogP contribution < -0.4 is 0 Å². The lowest BCUT2D eigenvalue weighted by molar-refractivity contribution is 0.0289. The molecule has 0 saturated carbocycles. The molecular weight excluding hydrogens is 482 g/mol. The van der Waals surface area contributed by atoms with E-state index < -0.39 is 21.7 Å². The van der Waals surface area contributed by atoms with Crippen LogP contribution in [0.5, 0.6) is 0 Å². The number of ether oxygens (including phenoxy) is 1. The van der Waals surface area contributed by atoms with Gasteiger partial charge in [0.05, 0.1) is 22.7 Å². The number of aliphatic hydroxyl groups excluding tert-OH is 1. The smallest absolute Gasteiger partial charge is 0.410 e. The van der Waals surface area contributed by atoms with Gasteiger partial charge in [-0.1, -0.05) is 18.2 Å². The monoisotopic (exact) mass is 511 g/mol. The molecule has 0 spiro atoms. The van der Waals surface area contributed by atoms with Gasteiger partial charge in [-0.3, -0.25) is 0 Å². The standard InChI is InChI=1S/C25H29N5O5S/c1-16(31)22-27-20-14-26-23-19(11-13-29(23)36(33,34)18-8-6-5-7-9-18)21(20)30(22)17-10-12-28(15-17)24(32)35-25(2,3)4/h5-9,11,13-14,16-17,31H,10,12,15H2,1-4H3/t16-,17+/m1/s1. The third kappa shape index (κ3) is 4.11. The number of rotatable bonds is 4. The molecule has 190 valence electrons. The molecule has 1 aromatic carbocycles. The summed E-state index contributed by atoms with van der Waals surface area (Å²) in [6, 6.07) is 9.71. The van der Waals surface area contributed by atoms with Crippen LogP contribution in [0.2, 0.25) is 0 Å². The zero-order chi connectivity index (χ0) is 25.8. The minimum absolute atomic E-state index is 0.159. The molecule has 2 atom stereocenters. The molecule has 1 aliphatic heterocycles. The number of amides is 1. The highest BCUT2D eigenvalue weighted by atomic mass is 32.2. The number of imidazole rings is 1. The largest absolute Gasteiger partial charge is 0.444 e. The van der Waals surface area contributed by atoms with Crippen LogP contribution in [0.15, 0.2) is 53.7 Å². The Kier molecular flexibility index (Phi) is 5.79. The number of aromatic nitrogens is 4. The van der Waals surface area contributed by atoms with Crippen molar-refractivity contribution in [2.45, 2.75) is 56.8 Å². The summed E-state index contributed by atoms with van der Waals surface area (Å²) < 4.78 is 35.3. The summed E-state index contributed by atoms with van der Waals surface area (Å²) in [6.45, 7) is 7.98. The zero-order valence-electron chi connectivity index (χ0n) is 20.6. The van der Waals surface area contributed by atoms with E-state index in [1.807, 2.05) is 25.3 Å². The molecule has 5 rings (SSSR count). The van der Waals surface area contributed by atoms with Crippen molar-refractivity contribution in [1.29, 1.82) is 0 Å². The normalized spacial score (nSPS) is 17.7. The molecule has 4 heterocycles. The fraction of sp³-hybridized carbons (Fsp3) is 0.400. The lowest BCUT2D eigenvalue weighted by atomic mass is 10.2. The Hall–Kier alpha value is -3.44. The topological polar surface area (TPSA) is 120 Å². The molecule has 1 saturated heterocycles. The van der Waals surface area contributed by atoms with Gasteiger partial charge in [0.1, 0.15) is 23.0 Å². The number of likely N-dealkylation sites (tertiary alicyclic amines) is 1. The van der Waals surface area contributed by atoms with Crippen LogP contribution in [0.4, 0.5) is 4.79 Å². The first-order chi connectivity index (χ1) is 17.0. The summed E-state index contributed by atoms with van der Waals surface area (Å²) in [6.07, 6.45) is 2.38. The molecule has 11 heteroatoms. The highest BCUT2D eigenvalue weighted by Gasteiger charge is 2.34. The number of hydrogen-bond acceptors (Lipinski definition) is 7. The quantitative estimate of drug-likeness (QED) is 0.442. The van der Waals surface area contributed by atoms with Gasteiger partial charge in [-0.15, -0.1) is 0 Å². The molecule has 4 aromatic rings. The fourth-order valence-electron chi connectivity index (χ4n) is 4.67. The van der Waals surface area contributed by atoms with Gasteiger partial charge in [0.2, 0.25) is 0 Å². The summed E-state index contributed by atoms with van der Waals surface area (Å²) >= 11 is 0. The zero-order valence-corrected chi connectivity index (χ0v) is 21.4. The SMILES string of the molecule is C[C@@H](O)c1nc2cnc3c(ccn3S(=O)(=O)c3ccccc3)c2n1[C@H]1CCN(C(=O)OC(C)(C)C)C1. The van der Waals surface area contributed by atoms with Gasteiger partial charge in [0.25, 0.3) is 10.0 Å². The van der Waals surface area contributed by atoms with E-state index in [-0.39, 0.29) is 22.7 Å². The summed E-state index contributed by atoms with van der Waals surface area (Å²) in [5.41, 5.74) is 0.886. The molecule has 0 bridgehead atoms. The van der Waals surface area contributed by atoms with Crippen LogP contribution in [0, 0.1) is 0 Å². The summed E-state index contributed by atoms with van der Waals surface area (Å²) in [7, 11) is -3.86. The van der Waals surface area contributed by atoms with Crippen molar-refractivity contribution in [3.63, 3.8) is 0 Å². The van der Waals surface area contributed by atoms with Gasteiger partial charge in [-0.25, -0.2) is 27.2 Å². The van der Waals surface area contributed by atoms with Crippen molar-refractivity contribution in [3.8, 4) is 0 Å². The van der Waals surface area contributed by atoms with E-state index in [4.69, 9.17) is 4.74 Å². The summed E-state index contributed by atoms with van der Waals surface area (Å²) in [5.74, 6) is 0.439. The van der Waals surface area contributed by atoms with Crippen molar-refractivity contribution in [2.75, 3.05) is 13.1 Å². The number of aliphatic hydroxyl groups is 1. The molecule has 0 aliphatic carbocycles. The van der Waals surface area contributed by atoms with E-state index in [1.54, 1.807) is 48.2 Å². The molecule has 10 nitrogen and oxygen atoms in total. The first kappa shape index (κ1) is 24.3. The number of nitrogens with zero attached hydrogens (tertiary/aromatic N) is 5. The Labute approximate surface area is 209 Å². The number of hydrogen-bond donors (Lipinski definition) is 1. The summed E-state index contributed by atoms with van der Waals surface area (Å²) in [4.78, 5) is 23.5. The van der Waals surface area contributed by atoms with Gasteiger partial charge in [0.15, 0.2) is 5.65 Å². The average molecular weight is 512 g/mol. The molecule has 0 unspecified atom stereocenters. The number of benzene rings is 1. The third-order valence-corrected chi connectivity index (χ3v) is 7.89. The van der Waals surface area contributed by atoms with Crippen LogP contribution in [0.25, 0.3) is 22.1 Å². The maximum Gasteiger partial charge on any atom is 0.410 e. The molecule has 36 heavy (non-hydrogen) atoms. The first-order valence-corrected chi connectivity index (χ1v) is 13.3. The number of carbonyl (C=O) groups excluding carboxylic acids is 1. The molecule has 0 radical (unpaired) electrons. The minimum Gasteiger partial charge on any atom is -0.444 e. The Morgan fingerprint density at radius 1 is 1.19 bits per heavy atom. The molecule has 1 N–H and O–H groups in total. The Balaban J connectivity index is 1.62. The van der Waals surface area contributed by atoms with Crippen molar-refractivity contribution < 1.29 is 23.1 Å². The van der Waals surface area contributed by atoms with Crippen molar-refractivity contribution in [1.82, 2.24) is 23.4 Å². The number of pyridine rings is 1. The highest BCUT2D eigenvalue weighted by molar-refractivity contribution is 7.90. The Morgan fingerprint density at radius 2 is 1.92 bits per heavy atom. The number of fused-ring (bicyclic) bond motifs is 3. The van der Waals surface area contributed by atoms with E-state index in [0.29, 0.717) is 41.8 Å². The van der Waals surface area contributed by atoms with Crippen molar-refractivity contribution in [2.24, 2.45) is 0 Å². The van der Waals surface area contributed by atoms with E-state index >= 15 is 0 Å².